The lowest BCUT2D eigenvalue weighted by Crippen LogP contribution is -2.55. The topological polar surface area (TPSA) is 95.6 Å². The lowest BCUT2D eigenvalue weighted by molar-refractivity contribution is -0.140. The Bertz CT molecular complexity index is 769. The first-order valence-electron chi connectivity index (χ1n) is 9.47. The SMILES string of the molecule is CC(C)C(NC(=O)c1ccc(Br)cc1)C(=O)N1CCCC1C(=O)NCC(=O)CF. The van der Waals surface area contributed by atoms with E-state index in [-0.39, 0.29) is 17.7 Å². The zero-order valence-electron chi connectivity index (χ0n) is 16.4. The maximum absolute atomic E-state index is 13.1. The highest BCUT2D eigenvalue weighted by molar-refractivity contribution is 9.10. The maximum Gasteiger partial charge on any atom is 0.251 e. The fourth-order valence-corrected chi connectivity index (χ4v) is 3.44. The van der Waals surface area contributed by atoms with Gasteiger partial charge >= 0.3 is 0 Å². The number of Topliss-reactive ketones (excluding diaryl/α,β-unsaturated/α-hetero) is 1. The number of hydrogen-bond donors (Lipinski definition) is 2. The summed E-state index contributed by atoms with van der Waals surface area (Å²) in [4.78, 5) is 50.6. The fourth-order valence-electron chi connectivity index (χ4n) is 3.17. The lowest BCUT2D eigenvalue weighted by Gasteiger charge is -2.30. The highest BCUT2D eigenvalue weighted by Gasteiger charge is 2.38. The molecule has 3 amide bonds. The van der Waals surface area contributed by atoms with Crippen LogP contribution in [-0.4, -0.2) is 60.3 Å². The molecule has 2 rings (SSSR count). The Morgan fingerprint density at radius 2 is 1.86 bits per heavy atom. The van der Waals surface area contributed by atoms with Gasteiger partial charge in [0.25, 0.3) is 5.91 Å². The number of halogens is 2. The Morgan fingerprint density at radius 1 is 1.21 bits per heavy atom. The van der Waals surface area contributed by atoms with Crippen molar-refractivity contribution in [2.24, 2.45) is 5.92 Å². The summed E-state index contributed by atoms with van der Waals surface area (Å²) in [5.41, 5.74) is 0.423. The van der Waals surface area contributed by atoms with Gasteiger partial charge in [-0.05, 0) is 43.0 Å². The third-order valence-electron chi connectivity index (χ3n) is 4.77. The second kappa shape index (κ2) is 10.5. The molecule has 2 unspecified atom stereocenters. The molecule has 1 aromatic carbocycles. The minimum Gasteiger partial charge on any atom is -0.347 e. The van der Waals surface area contributed by atoms with Crippen LogP contribution in [0.4, 0.5) is 4.39 Å². The van der Waals surface area contributed by atoms with Crippen LogP contribution in [0.3, 0.4) is 0 Å². The van der Waals surface area contributed by atoms with Gasteiger partial charge in [-0.2, -0.15) is 0 Å². The Balaban J connectivity index is 2.08. The number of carbonyl (C=O) groups is 4. The molecule has 1 saturated heterocycles. The highest BCUT2D eigenvalue weighted by atomic mass is 79.9. The summed E-state index contributed by atoms with van der Waals surface area (Å²) in [5, 5.41) is 5.15. The van der Waals surface area contributed by atoms with E-state index in [1.807, 2.05) is 13.8 Å². The number of nitrogens with one attached hydrogen (secondary N) is 2. The second-order valence-corrected chi connectivity index (χ2v) is 8.20. The molecule has 1 aliphatic rings. The van der Waals surface area contributed by atoms with E-state index in [1.165, 1.54) is 4.90 Å². The first-order valence-corrected chi connectivity index (χ1v) is 10.3. The maximum atomic E-state index is 13.1. The molecule has 7 nitrogen and oxygen atoms in total. The van der Waals surface area contributed by atoms with Crippen LogP contribution in [0.2, 0.25) is 0 Å². The Hall–Kier alpha value is -2.29. The van der Waals surface area contributed by atoms with Gasteiger partial charge in [-0.1, -0.05) is 29.8 Å². The average Bonchev–Trinajstić information content (AvgIpc) is 3.19. The van der Waals surface area contributed by atoms with Gasteiger partial charge < -0.3 is 15.5 Å². The molecule has 1 fully saturated rings. The van der Waals surface area contributed by atoms with Crippen LogP contribution < -0.4 is 10.6 Å². The van der Waals surface area contributed by atoms with Gasteiger partial charge in [-0.15, -0.1) is 0 Å². The van der Waals surface area contributed by atoms with Gasteiger partial charge in [0.15, 0.2) is 5.78 Å². The van der Waals surface area contributed by atoms with Crippen LogP contribution >= 0.6 is 15.9 Å². The molecule has 0 saturated carbocycles. The number of hydrogen-bond acceptors (Lipinski definition) is 4. The van der Waals surface area contributed by atoms with Crippen molar-refractivity contribution in [3.8, 4) is 0 Å². The van der Waals surface area contributed by atoms with E-state index >= 15 is 0 Å². The molecule has 1 heterocycles. The molecule has 9 heteroatoms. The van der Waals surface area contributed by atoms with Crippen molar-refractivity contribution >= 4 is 39.4 Å². The van der Waals surface area contributed by atoms with Gasteiger partial charge in [0.1, 0.15) is 18.8 Å². The molecule has 1 aromatic rings. The van der Waals surface area contributed by atoms with E-state index in [4.69, 9.17) is 0 Å². The molecule has 29 heavy (non-hydrogen) atoms. The van der Waals surface area contributed by atoms with Crippen molar-refractivity contribution in [2.45, 2.75) is 38.8 Å². The molecular formula is C20H25BrFN3O4. The highest BCUT2D eigenvalue weighted by Crippen LogP contribution is 2.21. The van der Waals surface area contributed by atoms with E-state index in [2.05, 4.69) is 26.6 Å². The molecule has 0 bridgehead atoms. The zero-order chi connectivity index (χ0) is 21.6. The number of benzene rings is 1. The van der Waals surface area contributed by atoms with Crippen LogP contribution in [0.15, 0.2) is 28.7 Å². The monoisotopic (exact) mass is 469 g/mol. The average molecular weight is 470 g/mol. The standard InChI is InChI=1S/C20H25BrFN3O4/c1-12(2)17(24-18(27)13-5-7-14(21)8-6-13)20(29)25-9-3-4-16(25)19(28)23-11-15(26)10-22/h5-8,12,16-17H,3-4,9-11H2,1-2H3,(H,23,28)(H,24,27). The van der Waals surface area contributed by atoms with Gasteiger partial charge in [0.2, 0.25) is 11.8 Å². The number of nitrogens with zero attached hydrogens (tertiary/aromatic N) is 1. The van der Waals surface area contributed by atoms with E-state index in [9.17, 15) is 23.6 Å². The van der Waals surface area contributed by atoms with E-state index in [0.29, 0.717) is 24.9 Å². The molecule has 2 N–H and O–H groups in total. The van der Waals surface area contributed by atoms with E-state index < -0.39 is 37.0 Å². The Morgan fingerprint density at radius 3 is 2.45 bits per heavy atom. The van der Waals surface area contributed by atoms with Crippen LogP contribution in [-0.2, 0) is 14.4 Å². The van der Waals surface area contributed by atoms with Crippen molar-refractivity contribution in [2.75, 3.05) is 19.8 Å². The molecule has 0 aliphatic carbocycles. The third kappa shape index (κ3) is 6.09. The summed E-state index contributed by atoms with van der Waals surface area (Å²) in [7, 11) is 0. The molecule has 0 spiro atoms. The Kier molecular flexibility index (Phi) is 8.31. The first-order chi connectivity index (χ1) is 13.7. The van der Waals surface area contributed by atoms with Crippen molar-refractivity contribution in [1.82, 2.24) is 15.5 Å². The number of likely N-dealkylation sites (tertiary alicyclic amines) is 1. The van der Waals surface area contributed by atoms with Crippen molar-refractivity contribution in [3.63, 3.8) is 0 Å². The summed E-state index contributed by atoms with van der Waals surface area (Å²) in [5.74, 6) is -2.13. The first kappa shape index (κ1) is 23.0. The number of amides is 3. The summed E-state index contributed by atoms with van der Waals surface area (Å²) in [6, 6.07) is 5.24. The van der Waals surface area contributed by atoms with Gasteiger partial charge in [0, 0.05) is 16.6 Å². The summed E-state index contributed by atoms with van der Waals surface area (Å²) in [6.07, 6.45) is 1.08. The molecule has 0 radical (unpaired) electrons. The molecule has 2 atom stereocenters. The zero-order valence-corrected chi connectivity index (χ0v) is 18.0. The predicted molar refractivity (Wildman–Crippen MR) is 109 cm³/mol. The van der Waals surface area contributed by atoms with Gasteiger partial charge in [-0.3, -0.25) is 19.2 Å². The molecular weight excluding hydrogens is 445 g/mol. The summed E-state index contributed by atoms with van der Waals surface area (Å²) >= 11 is 3.31. The van der Waals surface area contributed by atoms with Crippen LogP contribution in [0.5, 0.6) is 0 Å². The van der Waals surface area contributed by atoms with Crippen LogP contribution in [0, 0.1) is 5.92 Å². The summed E-state index contributed by atoms with van der Waals surface area (Å²) in [6.45, 7) is 2.46. The predicted octanol–water partition coefficient (Wildman–Crippen LogP) is 1.85. The number of alkyl halides is 1. The normalized spacial score (nSPS) is 17.1. The fraction of sp³-hybridized carbons (Fsp3) is 0.500. The van der Waals surface area contributed by atoms with E-state index in [0.717, 1.165) is 4.47 Å². The summed E-state index contributed by atoms with van der Waals surface area (Å²) < 4.78 is 13.1. The van der Waals surface area contributed by atoms with Crippen molar-refractivity contribution < 1.29 is 23.6 Å². The minimum atomic E-state index is -1.15. The molecule has 1 aliphatic heterocycles. The lowest BCUT2D eigenvalue weighted by atomic mass is 10.0. The smallest absolute Gasteiger partial charge is 0.251 e. The molecule has 158 valence electrons. The van der Waals surface area contributed by atoms with Crippen molar-refractivity contribution in [3.05, 3.63) is 34.3 Å². The Labute approximate surface area is 177 Å². The largest absolute Gasteiger partial charge is 0.347 e. The van der Waals surface area contributed by atoms with E-state index in [1.54, 1.807) is 24.3 Å². The van der Waals surface area contributed by atoms with Gasteiger partial charge in [0.05, 0.1) is 6.54 Å². The van der Waals surface area contributed by atoms with Crippen molar-refractivity contribution in [1.29, 1.82) is 0 Å². The van der Waals surface area contributed by atoms with Gasteiger partial charge in [-0.25, -0.2) is 4.39 Å². The second-order valence-electron chi connectivity index (χ2n) is 7.28. The number of rotatable bonds is 8. The number of carbonyl (C=O) groups excluding carboxylic acids is 4. The van der Waals surface area contributed by atoms with Crippen LogP contribution in [0.1, 0.15) is 37.0 Å². The third-order valence-corrected chi connectivity index (χ3v) is 5.30. The molecule has 0 aromatic heterocycles. The quantitative estimate of drug-likeness (QED) is 0.607. The van der Waals surface area contributed by atoms with Crippen LogP contribution in [0.25, 0.3) is 0 Å². The minimum absolute atomic E-state index is 0.195. The number of ketones is 1.